The van der Waals surface area contributed by atoms with Crippen molar-refractivity contribution in [1.29, 1.82) is 0 Å². The Hall–Kier alpha value is -0.910. The smallest absolute Gasteiger partial charge is 0.200 e. The summed E-state index contributed by atoms with van der Waals surface area (Å²) in [5.74, 6) is 0. The molecule has 118 valence electrons. The molecular weight excluding hydrogens is 284 g/mol. The first-order valence-corrected chi connectivity index (χ1v) is 9.09. The van der Waals surface area contributed by atoms with Crippen LogP contribution in [-0.4, -0.2) is 31.4 Å². The van der Waals surface area contributed by atoms with Gasteiger partial charge in [0.15, 0.2) is 0 Å². The number of hydrogen-bond donors (Lipinski definition) is 1. The van der Waals surface area contributed by atoms with Crippen molar-refractivity contribution in [3.8, 4) is 0 Å². The summed E-state index contributed by atoms with van der Waals surface area (Å²) in [5, 5.41) is 0. The van der Waals surface area contributed by atoms with Gasteiger partial charge in [-0.15, -0.1) is 0 Å². The molecule has 1 N–H and O–H groups in total. The number of hydrogen-bond acceptors (Lipinski definition) is 2. The molecule has 1 saturated heterocycles. The second-order valence-corrected chi connectivity index (χ2v) is 7.97. The standard InChI is InChI=1S/C16H26N2O2S/c1-12(2)17-21(19,20)18-9-5-6-16(18)11-15-10-13(3)7-8-14(15)4/h7-8,10,12,16-17H,5-6,9,11H2,1-4H3. The summed E-state index contributed by atoms with van der Waals surface area (Å²) in [6.45, 7) is 8.50. The molecule has 1 unspecified atom stereocenters. The van der Waals surface area contributed by atoms with E-state index in [0.717, 1.165) is 19.3 Å². The van der Waals surface area contributed by atoms with Crippen LogP contribution in [0, 0.1) is 13.8 Å². The van der Waals surface area contributed by atoms with Gasteiger partial charge >= 0.3 is 0 Å². The highest BCUT2D eigenvalue weighted by Crippen LogP contribution is 2.25. The third-order valence-electron chi connectivity index (χ3n) is 3.98. The second kappa shape index (κ2) is 6.46. The SMILES string of the molecule is Cc1ccc(C)c(CC2CCCN2S(=O)(=O)NC(C)C)c1. The summed E-state index contributed by atoms with van der Waals surface area (Å²) in [7, 11) is -3.37. The third kappa shape index (κ3) is 4.05. The maximum absolute atomic E-state index is 12.4. The highest BCUT2D eigenvalue weighted by atomic mass is 32.2. The van der Waals surface area contributed by atoms with Gasteiger partial charge < -0.3 is 0 Å². The summed E-state index contributed by atoms with van der Waals surface area (Å²) in [6, 6.07) is 6.39. The lowest BCUT2D eigenvalue weighted by Crippen LogP contribution is -2.46. The molecule has 1 atom stereocenters. The third-order valence-corrected chi connectivity index (χ3v) is 5.84. The molecule has 1 heterocycles. The van der Waals surface area contributed by atoms with Crippen LogP contribution in [0.3, 0.4) is 0 Å². The van der Waals surface area contributed by atoms with Crippen molar-refractivity contribution < 1.29 is 8.42 Å². The minimum Gasteiger partial charge on any atom is -0.200 e. The Bertz CT molecular complexity index is 596. The van der Waals surface area contributed by atoms with Crippen LogP contribution in [0.2, 0.25) is 0 Å². The van der Waals surface area contributed by atoms with Gasteiger partial charge in [-0.2, -0.15) is 17.4 Å². The van der Waals surface area contributed by atoms with Gasteiger partial charge in [0, 0.05) is 18.6 Å². The van der Waals surface area contributed by atoms with Crippen molar-refractivity contribution in [3.63, 3.8) is 0 Å². The van der Waals surface area contributed by atoms with Gasteiger partial charge in [0.25, 0.3) is 10.2 Å². The minimum atomic E-state index is -3.37. The number of nitrogens with one attached hydrogen (secondary N) is 1. The first-order valence-electron chi connectivity index (χ1n) is 7.65. The highest BCUT2D eigenvalue weighted by molar-refractivity contribution is 7.87. The second-order valence-electron chi connectivity index (χ2n) is 6.32. The predicted octanol–water partition coefficient (Wildman–Crippen LogP) is 2.55. The number of rotatable bonds is 5. The van der Waals surface area contributed by atoms with Gasteiger partial charge in [-0.05, 0) is 58.1 Å². The van der Waals surface area contributed by atoms with Crippen LogP contribution in [0.25, 0.3) is 0 Å². The van der Waals surface area contributed by atoms with E-state index >= 15 is 0 Å². The zero-order valence-corrected chi connectivity index (χ0v) is 14.2. The molecule has 1 aromatic carbocycles. The lowest BCUT2D eigenvalue weighted by Gasteiger charge is -2.26. The summed E-state index contributed by atoms with van der Waals surface area (Å²) >= 11 is 0. The Labute approximate surface area is 128 Å². The van der Waals surface area contributed by atoms with E-state index in [9.17, 15) is 8.42 Å². The summed E-state index contributed by atoms with van der Waals surface area (Å²) in [4.78, 5) is 0. The number of nitrogens with zero attached hydrogens (tertiary/aromatic N) is 1. The molecule has 0 spiro atoms. The maximum atomic E-state index is 12.4. The Morgan fingerprint density at radius 2 is 2.05 bits per heavy atom. The average molecular weight is 310 g/mol. The van der Waals surface area contributed by atoms with E-state index in [1.165, 1.54) is 16.7 Å². The zero-order chi connectivity index (χ0) is 15.6. The first-order chi connectivity index (χ1) is 9.79. The molecule has 0 bridgehead atoms. The summed E-state index contributed by atoms with van der Waals surface area (Å²) in [6.07, 6.45) is 2.67. The Morgan fingerprint density at radius 3 is 2.71 bits per heavy atom. The van der Waals surface area contributed by atoms with Gasteiger partial charge in [0.1, 0.15) is 0 Å². The highest BCUT2D eigenvalue weighted by Gasteiger charge is 2.34. The molecule has 1 aliphatic heterocycles. The topological polar surface area (TPSA) is 49.4 Å². The summed E-state index contributed by atoms with van der Waals surface area (Å²) < 4.78 is 29.2. The van der Waals surface area contributed by atoms with Crippen molar-refractivity contribution in [2.24, 2.45) is 0 Å². The molecule has 2 rings (SSSR count). The molecule has 1 aliphatic rings. The number of benzene rings is 1. The lowest BCUT2D eigenvalue weighted by molar-refractivity contribution is 0.375. The van der Waals surface area contributed by atoms with E-state index in [-0.39, 0.29) is 12.1 Å². The van der Waals surface area contributed by atoms with Crippen molar-refractivity contribution >= 4 is 10.2 Å². The average Bonchev–Trinajstić information content (AvgIpc) is 2.81. The van der Waals surface area contributed by atoms with Crippen LogP contribution in [0.1, 0.15) is 43.4 Å². The lowest BCUT2D eigenvalue weighted by atomic mass is 9.98. The molecule has 0 saturated carbocycles. The van der Waals surface area contributed by atoms with Gasteiger partial charge in [-0.3, -0.25) is 0 Å². The molecule has 0 aromatic heterocycles. The largest absolute Gasteiger partial charge is 0.279 e. The fraction of sp³-hybridized carbons (Fsp3) is 0.625. The van der Waals surface area contributed by atoms with Crippen molar-refractivity contribution in [3.05, 3.63) is 34.9 Å². The van der Waals surface area contributed by atoms with Crippen LogP contribution < -0.4 is 4.72 Å². The molecule has 1 fully saturated rings. The summed E-state index contributed by atoms with van der Waals surface area (Å²) in [5.41, 5.74) is 3.72. The van der Waals surface area contributed by atoms with E-state index in [2.05, 4.69) is 36.8 Å². The fourth-order valence-electron chi connectivity index (χ4n) is 2.97. The molecular formula is C16H26N2O2S. The van der Waals surface area contributed by atoms with Gasteiger partial charge in [0.05, 0.1) is 0 Å². The Morgan fingerprint density at radius 1 is 1.33 bits per heavy atom. The molecule has 5 heteroatoms. The van der Waals surface area contributed by atoms with Crippen LogP contribution >= 0.6 is 0 Å². The fourth-order valence-corrected chi connectivity index (χ4v) is 4.64. The van der Waals surface area contributed by atoms with E-state index in [4.69, 9.17) is 0 Å². The first kappa shape index (κ1) is 16.5. The van der Waals surface area contributed by atoms with Gasteiger partial charge in [-0.25, -0.2) is 0 Å². The van der Waals surface area contributed by atoms with Crippen molar-refractivity contribution in [1.82, 2.24) is 9.03 Å². The van der Waals surface area contributed by atoms with E-state index in [1.807, 2.05) is 13.8 Å². The number of aryl methyl sites for hydroxylation is 2. The minimum absolute atomic E-state index is 0.0711. The van der Waals surface area contributed by atoms with Crippen molar-refractivity contribution in [2.75, 3.05) is 6.54 Å². The van der Waals surface area contributed by atoms with Crippen LogP contribution in [0.5, 0.6) is 0 Å². The van der Waals surface area contributed by atoms with E-state index in [1.54, 1.807) is 4.31 Å². The molecule has 4 nitrogen and oxygen atoms in total. The Kier molecular flexibility index (Phi) is 5.07. The Balaban J connectivity index is 2.17. The predicted molar refractivity (Wildman–Crippen MR) is 86.5 cm³/mol. The van der Waals surface area contributed by atoms with E-state index < -0.39 is 10.2 Å². The molecule has 0 amide bonds. The zero-order valence-electron chi connectivity index (χ0n) is 13.4. The van der Waals surface area contributed by atoms with Crippen LogP contribution in [0.15, 0.2) is 18.2 Å². The molecule has 0 radical (unpaired) electrons. The molecule has 1 aromatic rings. The normalized spacial score (nSPS) is 20.3. The maximum Gasteiger partial charge on any atom is 0.279 e. The molecule has 0 aliphatic carbocycles. The van der Waals surface area contributed by atoms with Crippen molar-refractivity contribution in [2.45, 2.75) is 59.0 Å². The van der Waals surface area contributed by atoms with Gasteiger partial charge in [-0.1, -0.05) is 23.8 Å². The van der Waals surface area contributed by atoms with Crippen LogP contribution in [-0.2, 0) is 16.6 Å². The monoisotopic (exact) mass is 310 g/mol. The molecule has 21 heavy (non-hydrogen) atoms. The quantitative estimate of drug-likeness (QED) is 0.908. The van der Waals surface area contributed by atoms with Crippen LogP contribution in [0.4, 0.5) is 0 Å². The van der Waals surface area contributed by atoms with E-state index in [0.29, 0.717) is 6.54 Å². The van der Waals surface area contributed by atoms with Gasteiger partial charge in [0.2, 0.25) is 0 Å².